The number of ketones is 1. The van der Waals surface area contributed by atoms with Gasteiger partial charge in [0.15, 0.2) is 0 Å². The van der Waals surface area contributed by atoms with E-state index >= 15 is 0 Å². The normalized spacial score (nSPS) is 11.6. The van der Waals surface area contributed by atoms with E-state index in [9.17, 15) is 13.2 Å². The first-order valence-corrected chi connectivity index (χ1v) is 10.8. The molecule has 1 N–H and O–H groups in total. The van der Waals surface area contributed by atoms with Gasteiger partial charge >= 0.3 is 0 Å². The molecule has 2 heterocycles. The molecule has 3 aromatic rings. The number of hydrogen-bond donors (Lipinski definition) is 1. The van der Waals surface area contributed by atoms with Crippen LogP contribution in [0.15, 0.2) is 52.7 Å². The lowest BCUT2D eigenvalue weighted by atomic mass is 10.2. The van der Waals surface area contributed by atoms with E-state index in [1.54, 1.807) is 37.3 Å². The molecule has 0 fully saturated rings. The molecule has 1 aromatic carbocycles. The average Bonchev–Trinajstić information content (AvgIpc) is 3.24. The first-order valence-electron chi connectivity index (χ1n) is 7.60. The van der Waals surface area contributed by atoms with E-state index in [0.717, 1.165) is 10.4 Å². The summed E-state index contributed by atoms with van der Waals surface area (Å²) in [6, 6.07) is 12.4. The number of benzene rings is 1. The summed E-state index contributed by atoms with van der Waals surface area (Å²) < 4.78 is 27.6. The molecule has 2 aromatic heterocycles. The predicted octanol–water partition coefficient (Wildman–Crippen LogP) is 4.14. The van der Waals surface area contributed by atoms with Crippen molar-refractivity contribution in [2.75, 3.05) is 0 Å². The van der Waals surface area contributed by atoms with E-state index in [-0.39, 0.29) is 17.2 Å². The van der Waals surface area contributed by atoms with Gasteiger partial charge in [0.25, 0.3) is 0 Å². The van der Waals surface area contributed by atoms with Gasteiger partial charge in [0.05, 0.1) is 14.6 Å². The fourth-order valence-electron chi connectivity index (χ4n) is 2.47. The van der Waals surface area contributed by atoms with E-state index in [0.29, 0.717) is 15.3 Å². The number of carbonyl (C=O) groups is 1. The summed E-state index contributed by atoms with van der Waals surface area (Å²) in [6.07, 6.45) is 0. The molecule has 7 heteroatoms. The number of hydrogen-bond acceptors (Lipinski definition) is 5. The van der Waals surface area contributed by atoms with Crippen LogP contribution in [-0.2, 0) is 16.6 Å². The SMILES string of the molecule is Cc1ccc(S(=O)(=O)NCc2ccc(C(=O)c3cccs3)s2)c(C)c1. The van der Waals surface area contributed by atoms with Crippen LogP contribution in [0.5, 0.6) is 0 Å². The summed E-state index contributed by atoms with van der Waals surface area (Å²) in [5.74, 6) is -0.0245. The molecular formula is C18H17NO3S3. The van der Waals surface area contributed by atoms with Crippen LogP contribution in [0.1, 0.15) is 30.6 Å². The highest BCUT2D eigenvalue weighted by atomic mass is 32.2. The highest BCUT2D eigenvalue weighted by Crippen LogP contribution is 2.23. The highest BCUT2D eigenvalue weighted by Gasteiger charge is 2.18. The second kappa shape index (κ2) is 7.21. The maximum Gasteiger partial charge on any atom is 0.241 e. The third-order valence-electron chi connectivity index (χ3n) is 3.69. The number of rotatable bonds is 6. The van der Waals surface area contributed by atoms with E-state index in [2.05, 4.69) is 4.72 Å². The lowest BCUT2D eigenvalue weighted by molar-refractivity contribution is 0.104. The summed E-state index contributed by atoms with van der Waals surface area (Å²) >= 11 is 2.71. The zero-order valence-electron chi connectivity index (χ0n) is 13.8. The molecule has 3 rings (SSSR count). The third-order valence-corrected chi connectivity index (χ3v) is 7.20. The molecule has 0 aliphatic heterocycles. The fourth-order valence-corrected chi connectivity index (χ4v) is 5.44. The molecular weight excluding hydrogens is 374 g/mol. The molecule has 25 heavy (non-hydrogen) atoms. The number of aryl methyl sites for hydroxylation is 2. The zero-order chi connectivity index (χ0) is 18.0. The molecule has 0 saturated carbocycles. The van der Waals surface area contributed by atoms with Crippen LogP contribution in [0.4, 0.5) is 0 Å². The first kappa shape index (κ1) is 18.0. The summed E-state index contributed by atoms with van der Waals surface area (Å²) in [5, 5.41) is 1.86. The quantitative estimate of drug-likeness (QED) is 0.643. The van der Waals surface area contributed by atoms with Crippen molar-refractivity contribution < 1.29 is 13.2 Å². The molecule has 0 spiro atoms. The van der Waals surface area contributed by atoms with Crippen LogP contribution in [0, 0.1) is 13.8 Å². The molecule has 0 amide bonds. The van der Waals surface area contributed by atoms with Gasteiger partial charge in [0.2, 0.25) is 15.8 Å². The largest absolute Gasteiger partial charge is 0.287 e. The molecule has 0 atom stereocenters. The van der Waals surface area contributed by atoms with Crippen LogP contribution >= 0.6 is 22.7 Å². The minimum absolute atomic E-state index is 0.0245. The smallest absolute Gasteiger partial charge is 0.241 e. The number of nitrogens with one attached hydrogen (secondary N) is 1. The Bertz CT molecular complexity index is 1000. The Morgan fingerprint density at radius 1 is 1.08 bits per heavy atom. The van der Waals surface area contributed by atoms with Gasteiger partial charge in [-0.1, -0.05) is 23.8 Å². The van der Waals surface area contributed by atoms with Crippen molar-refractivity contribution >= 4 is 38.5 Å². The molecule has 4 nitrogen and oxygen atoms in total. The van der Waals surface area contributed by atoms with Gasteiger partial charge in [0.1, 0.15) is 0 Å². The average molecular weight is 392 g/mol. The third kappa shape index (κ3) is 4.07. The Hall–Kier alpha value is -1.80. The predicted molar refractivity (Wildman–Crippen MR) is 102 cm³/mol. The summed E-state index contributed by atoms with van der Waals surface area (Å²) in [4.78, 5) is 14.7. The topological polar surface area (TPSA) is 63.2 Å². The Morgan fingerprint density at radius 3 is 2.56 bits per heavy atom. The van der Waals surface area contributed by atoms with Gasteiger partial charge in [-0.15, -0.1) is 22.7 Å². The van der Waals surface area contributed by atoms with E-state index in [4.69, 9.17) is 0 Å². The van der Waals surface area contributed by atoms with E-state index in [1.165, 1.54) is 22.7 Å². The van der Waals surface area contributed by atoms with Crippen molar-refractivity contribution in [3.63, 3.8) is 0 Å². The van der Waals surface area contributed by atoms with Crippen LogP contribution < -0.4 is 4.72 Å². The molecule has 0 radical (unpaired) electrons. The van der Waals surface area contributed by atoms with Crippen molar-refractivity contribution in [3.05, 3.63) is 73.6 Å². The van der Waals surface area contributed by atoms with Crippen LogP contribution in [0.3, 0.4) is 0 Å². The van der Waals surface area contributed by atoms with Crippen molar-refractivity contribution in [2.45, 2.75) is 25.3 Å². The lowest BCUT2D eigenvalue weighted by Gasteiger charge is -2.09. The van der Waals surface area contributed by atoms with Gasteiger partial charge in [-0.3, -0.25) is 4.79 Å². The summed E-state index contributed by atoms with van der Waals surface area (Å²) in [6.45, 7) is 3.87. The molecule has 0 saturated heterocycles. The minimum Gasteiger partial charge on any atom is -0.287 e. The van der Waals surface area contributed by atoms with Crippen LogP contribution in [0.25, 0.3) is 0 Å². The Kier molecular flexibility index (Phi) is 5.19. The standard InChI is InChI=1S/C18H17NO3S3/c1-12-5-8-17(13(2)10-12)25(21,22)19-11-14-6-7-16(24-14)18(20)15-4-3-9-23-15/h3-10,19H,11H2,1-2H3. The molecule has 0 aliphatic carbocycles. The number of carbonyl (C=O) groups excluding carboxylic acids is 1. The molecule has 0 bridgehead atoms. The lowest BCUT2D eigenvalue weighted by Crippen LogP contribution is -2.23. The highest BCUT2D eigenvalue weighted by molar-refractivity contribution is 7.89. The maximum atomic E-state index is 12.5. The molecule has 130 valence electrons. The van der Waals surface area contributed by atoms with Crippen molar-refractivity contribution in [1.29, 1.82) is 0 Å². The second-order valence-electron chi connectivity index (χ2n) is 5.67. The molecule has 0 unspecified atom stereocenters. The molecule has 0 aliphatic rings. The Balaban J connectivity index is 1.72. The van der Waals surface area contributed by atoms with Gasteiger partial charge in [-0.2, -0.15) is 0 Å². The van der Waals surface area contributed by atoms with Crippen molar-refractivity contribution in [1.82, 2.24) is 4.72 Å². The fraction of sp³-hybridized carbons (Fsp3) is 0.167. The zero-order valence-corrected chi connectivity index (χ0v) is 16.2. The van der Waals surface area contributed by atoms with Crippen LogP contribution in [-0.4, -0.2) is 14.2 Å². The first-order chi connectivity index (χ1) is 11.9. The monoisotopic (exact) mass is 391 g/mol. The van der Waals surface area contributed by atoms with Crippen LogP contribution in [0.2, 0.25) is 0 Å². The van der Waals surface area contributed by atoms with Gasteiger partial charge in [-0.05, 0) is 49.1 Å². The van der Waals surface area contributed by atoms with Gasteiger partial charge in [-0.25, -0.2) is 13.1 Å². The maximum absolute atomic E-state index is 12.5. The van der Waals surface area contributed by atoms with Crippen molar-refractivity contribution in [3.8, 4) is 0 Å². The van der Waals surface area contributed by atoms with Crippen molar-refractivity contribution in [2.24, 2.45) is 0 Å². The summed E-state index contributed by atoms with van der Waals surface area (Å²) in [7, 11) is -3.59. The second-order valence-corrected chi connectivity index (χ2v) is 9.52. The minimum atomic E-state index is -3.59. The van der Waals surface area contributed by atoms with Gasteiger partial charge in [0, 0.05) is 11.4 Å². The Labute approximate surface area is 155 Å². The number of thiophene rings is 2. The van der Waals surface area contributed by atoms with E-state index < -0.39 is 10.0 Å². The number of sulfonamides is 1. The van der Waals surface area contributed by atoms with Gasteiger partial charge < -0.3 is 0 Å². The summed E-state index contributed by atoms with van der Waals surface area (Å²) in [5.41, 5.74) is 1.73. The Morgan fingerprint density at radius 2 is 1.88 bits per heavy atom. The van der Waals surface area contributed by atoms with E-state index in [1.807, 2.05) is 24.4 Å².